The topological polar surface area (TPSA) is 88.4 Å². The van der Waals surface area contributed by atoms with Gasteiger partial charge in [-0.05, 0) is 56.7 Å². The van der Waals surface area contributed by atoms with Gasteiger partial charge in [0.1, 0.15) is 11.6 Å². The Labute approximate surface area is 189 Å². The van der Waals surface area contributed by atoms with E-state index in [2.05, 4.69) is 14.8 Å². The second-order valence-corrected chi connectivity index (χ2v) is 11.1. The molecule has 2 fully saturated rings. The second kappa shape index (κ2) is 8.94. The first-order valence-electron chi connectivity index (χ1n) is 11.9. The highest BCUT2D eigenvalue weighted by Crippen LogP contribution is 2.29. The van der Waals surface area contributed by atoms with Gasteiger partial charge in [-0.15, -0.1) is 10.2 Å². The minimum atomic E-state index is -3.54. The summed E-state index contributed by atoms with van der Waals surface area (Å²) in [6.45, 7) is 3.34. The highest BCUT2D eigenvalue weighted by molar-refractivity contribution is 7.89. The Kier molecular flexibility index (Phi) is 6.03. The zero-order valence-corrected chi connectivity index (χ0v) is 19.3. The van der Waals surface area contributed by atoms with Gasteiger partial charge in [-0.3, -0.25) is 4.79 Å². The number of carbonyl (C=O) groups excluding carboxylic acids is 1. The molecule has 2 aromatic rings. The van der Waals surface area contributed by atoms with Crippen LogP contribution in [0.3, 0.4) is 0 Å². The van der Waals surface area contributed by atoms with Gasteiger partial charge in [0.2, 0.25) is 10.0 Å². The molecule has 1 aromatic carbocycles. The summed E-state index contributed by atoms with van der Waals surface area (Å²) in [5, 5.41) is 8.94. The molecule has 0 N–H and O–H groups in total. The Morgan fingerprint density at radius 3 is 2.59 bits per heavy atom. The van der Waals surface area contributed by atoms with E-state index in [-0.39, 0.29) is 16.7 Å². The molecule has 3 aliphatic rings. The van der Waals surface area contributed by atoms with Crippen molar-refractivity contribution in [2.45, 2.75) is 68.7 Å². The van der Waals surface area contributed by atoms with Gasteiger partial charge in [0.05, 0.1) is 4.90 Å². The summed E-state index contributed by atoms with van der Waals surface area (Å²) >= 11 is 0. The summed E-state index contributed by atoms with van der Waals surface area (Å²) in [6, 6.07) is 6.53. The summed E-state index contributed by atoms with van der Waals surface area (Å²) in [6.07, 6.45) is 8.17. The van der Waals surface area contributed by atoms with Gasteiger partial charge in [-0.1, -0.05) is 12.5 Å². The zero-order valence-electron chi connectivity index (χ0n) is 18.4. The molecule has 1 atom stereocenters. The molecule has 2 saturated heterocycles. The van der Waals surface area contributed by atoms with Crippen LogP contribution >= 0.6 is 0 Å². The van der Waals surface area contributed by atoms with E-state index in [1.54, 1.807) is 24.3 Å². The number of amides is 1. The summed E-state index contributed by atoms with van der Waals surface area (Å²) in [4.78, 5) is 15.4. The molecule has 3 aliphatic heterocycles. The van der Waals surface area contributed by atoms with E-state index in [1.165, 1.54) is 10.7 Å². The zero-order chi connectivity index (χ0) is 22.1. The first-order valence-corrected chi connectivity index (χ1v) is 13.3. The van der Waals surface area contributed by atoms with Crippen LogP contribution in [0, 0.1) is 0 Å². The molecular formula is C23H31N5O3S. The summed E-state index contributed by atoms with van der Waals surface area (Å²) in [5.41, 5.74) is 0.436. The van der Waals surface area contributed by atoms with Crippen LogP contribution in [0.4, 0.5) is 0 Å². The SMILES string of the molecule is O=C(c1cccc(S(=O)(=O)N2CCCC2)c1)N1CCCC(c2nnc3n2CCCCC3)C1. The molecule has 0 bridgehead atoms. The fraction of sp³-hybridized carbons (Fsp3) is 0.609. The van der Waals surface area contributed by atoms with Gasteiger partial charge < -0.3 is 9.47 Å². The largest absolute Gasteiger partial charge is 0.338 e. The average Bonchev–Trinajstić information content (AvgIpc) is 3.45. The molecule has 8 nitrogen and oxygen atoms in total. The second-order valence-electron chi connectivity index (χ2n) is 9.17. The van der Waals surface area contributed by atoms with E-state index in [4.69, 9.17) is 0 Å². The smallest absolute Gasteiger partial charge is 0.253 e. The number of fused-ring (bicyclic) bond motifs is 1. The number of aromatic nitrogens is 3. The van der Waals surface area contributed by atoms with Crippen LogP contribution in [0.5, 0.6) is 0 Å². The Hall–Kier alpha value is -2.26. The molecule has 9 heteroatoms. The lowest BCUT2D eigenvalue weighted by Gasteiger charge is -2.32. The normalized spacial score (nSPS) is 22.5. The number of carbonyl (C=O) groups is 1. The number of likely N-dealkylation sites (tertiary alicyclic amines) is 1. The lowest BCUT2D eigenvalue weighted by atomic mass is 9.96. The first kappa shape index (κ1) is 21.6. The molecule has 1 aromatic heterocycles. The van der Waals surface area contributed by atoms with Crippen LogP contribution < -0.4 is 0 Å². The third-order valence-corrected chi connectivity index (χ3v) is 8.89. The number of hydrogen-bond donors (Lipinski definition) is 0. The van der Waals surface area contributed by atoms with Gasteiger partial charge in [0.15, 0.2) is 0 Å². The summed E-state index contributed by atoms with van der Waals surface area (Å²) < 4.78 is 29.7. The summed E-state index contributed by atoms with van der Waals surface area (Å²) in [7, 11) is -3.54. The third-order valence-electron chi connectivity index (χ3n) is 7.00. The van der Waals surface area contributed by atoms with Gasteiger partial charge in [-0.25, -0.2) is 8.42 Å². The van der Waals surface area contributed by atoms with Crippen molar-refractivity contribution in [3.8, 4) is 0 Å². The first-order chi connectivity index (χ1) is 15.5. The lowest BCUT2D eigenvalue weighted by Crippen LogP contribution is -2.40. The summed E-state index contributed by atoms with van der Waals surface area (Å²) in [5.74, 6) is 2.14. The van der Waals surface area contributed by atoms with E-state index >= 15 is 0 Å². The van der Waals surface area contributed by atoms with Crippen molar-refractivity contribution in [3.63, 3.8) is 0 Å². The minimum absolute atomic E-state index is 0.108. The highest BCUT2D eigenvalue weighted by atomic mass is 32.2. The fourth-order valence-corrected chi connectivity index (χ4v) is 6.80. The highest BCUT2D eigenvalue weighted by Gasteiger charge is 2.31. The van der Waals surface area contributed by atoms with Crippen LogP contribution in [0.15, 0.2) is 29.2 Å². The molecular weight excluding hydrogens is 426 g/mol. The van der Waals surface area contributed by atoms with Crippen LogP contribution in [0.25, 0.3) is 0 Å². The Morgan fingerprint density at radius 2 is 1.75 bits per heavy atom. The number of nitrogens with zero attached hydrogens (tertiary/aromatic N) is 5. The van der Waals surface area contributed by atoms with Crippen molar-refractivity contribution in [1.29, 1.82) is 0 Å². The van der Waals surface area contributed by atoms with Crippen molar-refractivity contribution < 1.29 is 13.2 Å². The molecule has 0 radical (unpaired) electrons. The maximum absolute atomic E-state index is 13.3. The van der Waals surface area contributed by atoms with Crippen LogP contribution in [-0.2, 0) is 23.0 Å². The number of aryl methyl sites for hydroxylation is 1. The quantitative estimate of drug-likeness (QED) is 0.704. The third kappa shape index (κ3) is 4.08. The maximum Gasteiger partial charge on any atom is 0.253 e. The van der Waals surface area contributed by atoms with Crippen molar-refractivity contribution >= 4 is 15.9 Å². The maximum atomic E-state index is 13.3. The van der Waals surface area contributed by atoms with Gasteiger partial charge in [0.25, 0.3) is 5.91 Å². The van der Waals surface area contributed by atoms with E-state index < -0.39 is 10.0 Å². The van der Waals surface area contributed by atoms with E-state index in [0.717, 1.165) is 63.1 Å². The Balaban J connectivity index is 1.35. The van der Waals surface area contributed by atoms with E-state index in [9.17, 15) is 13.2 Å². The predicted octanol–water partition coefficient (Wildman–Crippen LogP) is 2.81. The predicted molar refractivity (Wildman–Crippen MR) is 120 cm³/mol. The molecule has 0 aliphatic carbocycles. The number of sulfonamides is 1. The van der Waals surface area contributed by atoms with Gasteiger partial charge in [0, 0.05) is 50.6 Å². The van der Waals surface area contributed by atoms with Crippen LogP contribution in [0.1, 0.15) is 72.9 Å². The standard InChI is InChI=1S/C23H31N5O3S/c29-23(18-8-6-10-20(16-18)32(30,31)27-13-4-5-14-27)26-12-7-9-19(17-26)22-25-24-21-11-2-1-3-15-28(21)22/h6,8,10,16,19H,1-5,7,9,11-15,17H2. The van der Waals surface area contributed by atoms with E-state index in [1.807, 2.05) is 4.90 Å². The minimum Gasteiger partial charge on any atom is -0.338 e. The molecule has 0 spiro atoms. The van der Waals surface area contributed by atoms with Gasteiger partial charge in [-0.2, -0.15) is 4.31 Å². The van der Waals surface area contributed by atoms with Crippen molar-refractivity contribution in [1.82, 2.24) is 24.0 Å². The monoisotopic (exact) mass is 457 g/mol. The molecule has 172 valence electrons. The number of piperidine rings is 1. The van der Waals surface area contributed by atoms with Crippen molar-refractivity contribution in [3.05, 3.63) is 41.5 Å². The van der Waals surface area contributed by atoms with Crippen LogP contribution in [-0.4, -0.2) is 64.5 Å². The Morgan fingerprint density at radius 1 is 0.938 bits per heavy atom. The van der Waals surface area contributed by atoms with Crippen LogP contribution in [0.2, 0.25) is 0 Å². The van der Waals surface area contributed by atoms with Crippen molar-refractivity contribution in [2.75, 3.05) is 26.2 Å². The molecule has 1 amide bonds. The fourth-order valence-electron chi connectivity index (χ4n) is 5.23. The average molecular weight is 458 g/mol. The van der Waals surface area contributed by atoms with E-state index in [0.29, 0.717) is 31.7 Å². The number of benzene rings is 1. The number of rotatable bonds is 4. The molecule has 0 saturated carbocycles. The molecule has 32 heavy (non-hydrogen) atoms. The Bertz CT molecular complexity index is 1090. The lowest BCUT2D eigenvalue weighted by molar-refractivity contribution is 0.0703. The van der Waals surface area contributed by atoms with Crippen molar-refractivity contribution in [2.24, 2.45) is 0 Å². The number of hydrogen-bond acceptors (Lipinski definition) is 5. The van der Waals surface area contributed by atoms with Gasteiger partial charge >= 0.3 is 0 Å². The molecule has 1 unspecified atom stereocenters. The molecule has 5 rings (SSSR count). The molecule has 4 heterocycles.